The van der Waals surface area contributed by atoms with Crippen molar-refractivity contribution in [2.24, 2.45) is 0 Å². The molecule has 0 atom stereocenters. The third-order valence-corrected chi connectivity index (χ3v) is 5.29. The molecule has 26 heavy (non-hydrogen) atoms. The van der Waals surface area contributed by atoms with Gasteiger partial charge in [0.1, 0.15) is 5.75 Å². The second-order valence-electron chi connectivity index (χ2n) is 5.87. The number of hydrogen-bond donors (Lipinski definition) is 0. The number of rotatable bonds is 5. The molecule has 6 heteroatoms. The van der Waals surface area contributed by atoms with Crippen molar-refractivity contribution in [2.45, 2.75) is 20.4 Å². The highest BCUT2D eigenvalue weighted by Crippen LogP contribution is 2.35. The van der Waals surface area contributed by atoms with E-state index in [-0.39, 0.29) is 17.7 Å². The van der Waals surface area contributed by atoms with E-state index in [9.17, 15) is 9.59 Å². The van der Waals surface area contributed by atoms with Gasteiger partial charge in [0.15, 0.2) is 0 Å². The van der Waals surface area contributed by atoms with Gasteiger partial charge in [0.2, 0.25) is 0 Å². The first-order valence-electron chi connectivity index (χ1n) is 8.21. The summed E-state index contributed by atoms with van der Waals surface area (Å²) < 4.78 is 6.49. The Kier molecular flexibility index (Phi) is 5.84. The summed E-state index contributed by atoms with van der Waals surface area (Å²) in [4.78, 5) is 26.7. The zero-order valence-electron chi connectivity index (χ0n) is 14.5. The number of ether oxygens (including phenoxy) is 1. The van der Waals surface area contributed by atoms with Crippen LogP contribution in [0.1, 0.15) is 23.6 Å². The van der Waals surface area contributed by atoms with Crippen molar-refractivity contribution < 1.29 is 14.3 Å². The van der Waals surface area contributed by atoms with Crippen LogP contribution >= 0.6 is 27.7 Å². The van der Waals surface area contributed by atoms with Crippen molar-refractivity contribution in [3.05, 3.63) is 68.5 Å². The molecule has 0 radical (unpaired) electrons. The van der Waals surface area contributed by atoms with Crippen molar-refractivity contribution in [2.75, 3.05) is 6.61 Å². The smallest absolute Gasteiger partial charge is 0.293 e. The zero-order valence-corrected chi connectivity index (χ0v) is 16.9. The number of amides is 2. The van der Waals surface area contributed by atoms with E-state index in [2.05, 4.69) is 15.9 Å². The molecule has 134 valence electrons. The molecule has 0 spiro atoms. The average molecular weight is 432 g/mol. The van der Waals surface area contributed by atoms with Crippen LogP contribution in [0.4, 0.5) is 4.79 Å². The van der Waals surface area contributed by atoms with E-state index in [1.807, 2.05) is 56.3 Å². The molecule has 1 heterocycles. The number of hydrogen-bond acceptors (Lipinski definition) is 4. The highest BCUT2D eigenvalue weighted by Gasteiger charge is 2.35. The third-order valence-electron chi connectivity index (χ3n) is 3.89. The van der Waals surface area contributed by atoms with Crippen molar-refractivity contribution in [3.63, 3.8) is 0 Å². The Hall–Kier alpha value is -2.05. The van der Waals surface area contributed by atoms with Gasteiger partial charge in [-0.3, -0.25) is 14.5 Å². The van der Waals surface area contributed by atoms with Gasteiger partial charge in [0.05, 0.1) is 18.1 Å². The molecule has 1 aliphatic rings. The molecule has 2 aromatic rings. The van der Waals surface area contributed by atoms with Crippen LogP contribution in [0.2, 0.25) is 0 Å². The minimum absolute atomic E-state index is 0.255. The van der Waals surface area contributed by atoms with E-state index in [0.29, 0.717) is 17.3 Å². The fourth-order valence-corrected chi connectivity index (χ4v) is 3.78. The Morgan fingerprint density at radius 1 is 1.15 bits per heavy atom. The van der Waals surface area contributed by atoms with Crippen LogP contribution in [0.25, 0.3) is 6.08 Å². The van der Waals surface area contributed by atoms with Crippen LogP contribution in [-0.4, -0.2) is 22.7 Å². The van der Waals surface area contributed by atoms with E-state index in [1.54, 1.807) is 6.08 Å². The van der Waals surface area contributed by atoms with Gasteiger partial charge >= 0.3 is 0 Å². The summed E-state index contributed by atoms with van der Waals surface area (Å²) in [6, 6.07) is 13.4. The molecule has 1 saturated heterocycles. The van der Waals surface area contributed by atoms with E-state index in [0.717, 1.165) is 32.9 Å². The molecule has 0 aromatic heterocycles. The predicted molar refractivity (Wildman–Crippen MR) is 108 cm³/mol. The van der Waals surface area contributed by atoms with Crippen molar-refractivity contribution in [1.82, 2.24) is 4.90 Å². The molecular weight excluding hydrogens is 414 g/mol. The number of carbonyl (C=O) groups excluding carboxylic acids is 2. The Balaban J connectivity index is 1.85. The number of carbonyl (C=O) groups is 2. The molecule has 0 N–H and O–H groups in total. The predicted octanol–water partition coefficient (Wildman–Crippen LogP) is 5.39. The minimum atomic E-state index is -0.275. The fraction of sp³-hybridized carbons (Fsp3) is 0.200. The molecule has 2 amide bonds. The van der Waals surface area contributed by atoms with Crippen LogP contribution in [0.3, 0.4) is 0 Å². The zero-order chi connectivity index (χ0) is 18.7. The average Bonchev–Trinajstić information content (AvgIpc) is 2.87. The summed E-state index contributed by atoms with van der Waals surface area (Å²) >= 11 is 4.39. The fourth-order valence-electron chi connectivity index (χ4n) is 2.57. The largest absolute Gasteiger partial charge is 0.493 e. The third kappa shape index (κ3) is 4.19. The van der Waals surface area contributed by atoms with E-state index < -0.39 is 0 Å². The first-order valence-corrected chi connectivity index (χ1v) is 9.82. The summed E-state index contributed by atoms with van der Waals surface area (Å²) in [5, 5.41) is -0.255. The van der Waals surface area contributed by atoms with Gasteiger partial charge < -0.3 is 4.74 Å². The van der Waals surface area contributed by atoms with Gasteiger partial charge in [-0.25, -0.2) is 0 Å². The molecule has 0 unspecified atom stereocenters. The quantitative estimate of drug-likeness (QED) is 0.595. The standard InChI is InChI=1S/C20H18BrNO3S/c1-3-25-17-9-8-16(21)10-15(17)11-18-19(23)22(20(24)26-18)12-14-6-4-13(2)5-7-14/h4-11H,3,12H2,1-2H3/b18-11-. The van der Waals surface area contributed by atoms with Crippen LogP contribution in [0.5, 0.6) is 5.75 Å². The summed E-state index contributed by atoms with van der Waals surface area (Å²) in [6.45, 7) is 4.71. The first kappa shape index (κ1) is 18.7. The maximum absolute atomic E-state index is 12.7. The van der Waals surface area contributed by atoms with E-state index in [1.165, 1.54) is 4.90 Å². The summed E-state index contributed by atoms with van der Waals surface area (Å²) in [6.07, 6.45) is 1.72. The Labute approximate surface area is 165 Å². The summed E-state index contributed by atoms with van der Waals surface area (Å²) in [7, 11) is 0. The lowest BCUT2D eigenvalue weighted by Crippen LogP contribution is -2.27. The molecule has 0 saturated carbocycles. The monoisotopic (exact) mass is 431 g/mol. The van der Waals surface area contributed by atoms with Crippen molar-refractivity contribution >= 4 is 44.9 Å². The Bertz CT molecular complexity index is 877. The van der Waals surface area contributed by atoms with Gasteiger partial charge in [0.25, 0.3) is 11.1 Å². The van der Waals surface area contributed by atoms with Gasteiger partial charge in [0, 0.05) is 10.0 Å². The van der Waals surface area contributed by atoms with Gasteiger partial charge in [-0.2, -0.15) is 0 Å². The Morgan fingerprint density at radius 2 is 1.88 bits per heavy atom. The van der Waals surface area contributed by atoms with Gasteiger partial charge in [-0.15, -0.1) is 0 Å². The molecule has 1 aliphatic heterocycles. The summed E-state index contributed by atoms with van der Waals surface area (Å²) in [5.74, 6) is 0.407. The van der Waals surface area contributed by atoms with Gasteiger partial charge in [-0.1, -0.05) is 45.8 Å². The molecular formula is C20H18BrNO3S. The topological polar surface area (TPSA) is 46.6 Å². The highest BCUT2D eigenvalue weighted by molar-refractivity contribution is 9.10. The van der Waals surface area contributed by atoms with Crippen LogP contribution in [0.15, 0.2) is 51.8 Å². The molecule has 2 aromatic carbocycles. The molecule has 0 bridgehead atoms. The first-order chi connectivity index (χ1) is 12.5. The van der Waals surface area contributed by atoms with E-state index in [4.69, 9.17) is 4.74 Å². The van der Waals surface area contributed by atoms with Gasteiger partial charge in [-0.05, 0) is 55.4 Å². The second kappa shape index (κ2) is 8.10. The number of imide groups is 1. The van der Waals surface area contributed by atoms with Crippen LogP contribution < -0.4 is 4.74 Å². The van der Waals surface area contributed by atoms with Crippen LogP contribution in [-0.2, 0) is 11.3 Å². The van der Waals surface area contributed by atoms with Crippen molar-refractivity contribution in [3.8, 4) is 5.75 Å². The lowest BCUT2D eigenvalue weighted by atomic mass is 10.1. The molecule has 3 rings (SSSR count). The number of benzene rings is 2. The maximum Gasteiger partial charge on any atom is 0.293 e. The van der Waals surface area contributed by atoms with Crippen LogP contribution in [0, 0.1) is 6.92 Å². The van der Waals surface area contributed by atoms with E-state index >= 15 is 0 Å². The second-order valence-corrected chi connectivity index (χ2v) is 7.78. The lowest BCUT2D eigenvalue weighted by molar-refractivity contribution is -0.123. The summed E-state index contributed by atoms with van der Waals surface area (Å²) in [5.41, 5.74) is 2.83. The number of aryl methyl sites for hydroxylation is 1. The SMILES string of the molecule is CCOc1ccc(Br)cc1/C=C1\SC(=O)N(Cc2ccc(C)cc2)C1=O. The molecule has 4 nitrogen and oxygen atoms in total. The number of nitrogens with zero attached hydrogens (tertiary/aromatic N) is 1. The number of thioether (sulfide) groups is 1. The highest BCUT2D eigenvalue weighted by atomic mass is 79.9. The normalized spacial score (nSPS) is 15.8. The minimum Gasteiger partial charge on any atom is -0.493 e. The molecule has 0 aliphatic carbocycles. The number of halogens is 1. The maximum atomic E-state index is 12.7. The van der Waals surface area contributed by atoms with Crippen molar-refractivity contribution in [1.29, 1.82) is 0 Å². The Morgan fingerprint density at radius 3 is 2.58 bits per heavy atom. The lowest BCUT2D eigenvalue weighted by Gasteiger charge is -2.12. The molecule has 1 fully saturated rings.